The number of hydrogen-bond donors (Lipinski definition) is 3. The molecule has 33 heavy (non-hydrogen) atoms. The van der Waals surface area contributed by atoms with Crippen LogP contribution in [0.25, 0.3) is 32.1 Å². The Labute approximate surface area is 203 Å². The van der Waals surface area contributed by atoms with Crippen molar-refractivity contribution in [2.45, 2.75) is 13.0 Å². The number of thiophene rings is 1. The van der Waals surface area contributed by atoms with Gasteiger partial charge >= 0.3 is 5.97 Å². The number of benzene rings is 3. The van der Waals surface area contributed by atoms with Crippen LogP contribution < -0.4 is 11.5 Å². The van der Waals surface area contributed by atoms with Gasteiger partial charge < -0.3 is 21.1 Å². The summed E-state index contributed by atoms with van der Waals surface area (Å²) in [4.78, 5) is 11.5. The summed E-state index contributed by atoms with van der Waals surface area (Å²) in [6.07, 6.45) is 1.86. The zero-order valence-corrected chi connectivity index (χ0v) is 19.6. The van der Waals surface area contributed by atoms with E-state index in [1.807, 2.05) is 48.7 Å². The van der Waals surface area contributed by atoms with E-state index in [0.29, 0.717) is 28.0 Å². The molecule has 0 unspecified atom stereocenters. The first-order chi connectivity index (χ1) is 15.8. The second-order valence-corrected chi connectivity index (χ2v) is 9.72. The number of nitrogens with zero attached hydrogens (tertiary/aromatic N) is 1. The first-order valence-electron chi connectivity index (χ1n) is 10.1. The van der Waals surface area contributed by atoms with Crippen molar-refractivity contribution in [2.75, 3.05) is 11.5 Å². The second kappa shape index (κ2) is 8.30. The first kappa shape index (κ1) is 21.6. The highest BCUT2D eigenvalue weighted by atomic mass is 35.5. The van der Waals surface area contributed by atoms with E-state index in [4.69, 9.17) is 34.7 Å². The molecule has 8 heteroatoms. The molecule has 0 atom stereocenters. The van der Waals surface area contributed by atoms with Crippen molar-refractivity contribution < 1.29 is 9.90 Å². The van der Waals surface area contributed by atoms with Crippen LogP contribution in [0.1, 0.15) is 11.1 Å². The normalized spacial score (nSPS) is 11.5. The van der Waals surface area contributed by atoms with Crippen LogP contribution >= 0.6 is 34.5 Å². The Morgan fingerprint density at radius 2 is 1.64 bits per heavy atom. The highest BCUT2D eigenvalue weighted by Crippen LogP contribution is 2.36. The van der Waals surface area contributed by atoms with E-state index in [2.05, 4.69) is 9.95 Å². The van der Waals surface area contributed by atoms with E-state index in [1.165, 1.54) is 0 Å². The van der Waals surface area contributed by atoms with Crippen molar-refractivity contribution in [3.8, 4) is 11.1 Å². The van der Waals surface area contributed by atoms with Crippen molar-refractivity contribution in [1.82, 2.24) is 4.57 Å². The molecule has 0 saturated carbocycles. The van der Waals surface area contributed by atoms with Gasteiger partial charge in [0.15, 0.2) is 0 Å². The summed E-state index contributed by atoms with van der Waals surface area (Å²) in [5.41, 5.74) is 17.8. The highest BCUT2D eigenvalue weighted by Gasteiger charge is 2.15. The van der Waals surface area contributed by atoms with E-state index >= 15 is 0 Å². The topological polar surface area (TPSA) is 94.3 Å². The van der Waals surface area contributed by atoms with E-state index in [0.717, 1.165) is 43.2 Å². The average Bonchev–Trinajstić information content (AvgIpc) is 3.28. The van der Waals surface area contributed by atoms with E-state index in [1.54, 1.807) is 17.4 Å². The molecule has 2 aromatic heterocycles. The van der Waals surface area contributed by atoms with Crippen LogP contribution in [0.5, 0.6) is 0 Å². The van der Waals surface area contributed by atoms with Gasteiger partial charge in [-0.25, -0.2) is 0 Å². The lowest BCUT2D eigenvalue weighted by Crippen LogP contribution is -2.00. The van der Waals surface area contributed by atoms with Gasteiger partial charge in [-0.3, -0.25) is 4.79 Å². The lowest BCUT2D eigenvalue weighted by molar-refractivity contribution is -0.136. The maximum absolute atomic E-state index is 11.5. The summed E-state index contributed by atoms with van der Waals surface area (Å²) in [5, 5.41) is 14.5. The molecule has 0 saturated heterocycles. The number of nitrogen functional groups attached to an aromatic ring is 2. The lowest BCUT2D eigenvalue weighted by atomic mass is 10.0. The number of fused-ring (bicyclic) bond motifs is 2. The molecule has 5 N–H and O–H groups in total. The molecular formula is C25H19Cl2N3O2S. The number of carboxylic acids is 1. The molecule has 2 heterocycles. The minimum Gasteiger partial charge on any atom is -0.481 e. The summed E-state index contributed by atoms with van der Waals surface area (Å²) >= 11 is 14.1. The Morgan fingerprint density at radius 3 is 2.36 bits per heavy atom. The molecule has 3 aromatic carbocycles. The number of aromatic nitrogens is 1. The monoisotopic (exact) mass is 495 g/mol. The summed E-state index contributed by atoms with van der Waals surface area (Å²) in [7, 11) is 0. The Hall–Kier alpha value is -3.19. The number of aliphatic carboxylic acids is 1. The number of nitrogens with two attached hydrogens (primary N) is 2. The minimum atomic E-state index is -0.871. The zero-order valence-electron chi connectivity index (χ0n) is 17.3. The molecule has 0 bridgehead atoms. The molecule has 5 rings (SSSR count). The quantitative estimate of drug-likeness (QED) is 0.237. The van der Waals surface area contributed by atoms with Gasteiger partial charge in [-0.15, -0.1) is 11.3 Å². The third-order valence-electron chi connectivity index (χ3n) is 5.65. The maximum atomic E-state index is 11.5. The molecule has 0 radical (unpaired) electrons. The van der Waals surface area contributed by atoms with Crippen LogP contribution in [0.4, 0.5) is 11.4 Å². The van der Waals surface area contributed by atoms with Gasteiger partial charge in [-0.1, -0.05) is 35.3 Å². The van der Waals surface area contributed by atoms with Gasteiger partial charge in [-0.05, 0) is 69.4 Å². The number of carbonyl (C=O) groups is 1. The second-order valence-electron chi connectivity index (χ2n) is 8.00. The maximum Gasteiger partial charge on any atom is 0.307 e. The van der Waals surface area contributed by atoms with Crippen LogP contribution in [-0.2, 0) is 17.8 Å². The van der Waals surface area contributed by atoms with Crippen LogP contribution in [0, 0.1) is 0 Å². The number of halogens is 2. The summed E-state index contributed by atoms with van der Waals surface area (Å²) in [6, 6.07) is 15.2. The van der Waals surface area contributed by atoms with Crippen molar-refractivity contribution in [2.24, 2.45) is 0 Å². The summed E-state index contributed by atoms with van der Waals surface area (Å²) in [6.45, 7) is 0.566. The highest BCUT2D eigenvalue weighted by molar-refractivity contribution is 7.17. The molecule has 0 spiro atoms. The van der Waals surface area contributed by atoms with Crippen molar-refractivity contribution >= 4 is 72.9 Å². The standard InChI is InChI=1S/C25H19Cl2N3O2S/c26-21-8-20-16(12-33-24(20)9-22(21)27)11-30-10-15(6-25(31)32)19-2-1-13(5-23(19)30)14-3-17(28)7-18(29)4-14/h1-5,7-10,12H,6,11,28-29H2,(H,31,32). The number of anilines is 2. The molecule has 0 fully saturated rings. The third kappa shape index (κ3) is 4.13. The molecule has 0 amide bonds. The van der Waals surface area contributed by atoms with Crippen LogP contribution in [0.2, 0.25) is 10.0 Å². The van der Waals surface area contributed by atoms with Gasteiger partial charge in [0.25, 0.3) is 0 Å². The Kier molecular flexibility index (Phi) is 5.44. The van der Waals surface area contributed by atoms with E-state index < -0.39 is 5.97 Å². The Bertz CT molecular complexity index is 1530. The molecule has 0 aliphatic heterocycles. The van der Waals surface area contributed by atoms with Crippen LogP contribution in [-0.4, -0.2) is 15.6 Å². The predicted molar refractivity (Wildman–Crippen MR) is 138 cm³/mol. The van der Waals surface area contributed by atoms with E-state index in [-0.39, 0.29) is 6.42 Å². The first-order valence-corrected chi connectivity index (χ1v) is 11.8. The number of hydrogen-bond acceptors (Lipinski definition) is 4. The third-order valence-corrected chi connectivity index (χ3v) is 7.37. The Morgan fingerprint density at radius 1 is 0.909 bits per heavy atom. The fourth-order valence-corrected chi connectivity index (χ4v) is 5.57. The van der Waals surface area contributed by atoms with Gasteiger partial charge in [0, 0.05) is 39.7 Å². The molecule has 5 nitrogen and oxygen atoms in total. The molecule has 0 aliphatic rings. The van der Waals surface area contributed by atoms with Gasteiger partial charge in [-0.2, -0.15) is 0 Å². The van der Waals surface area contributed by atoms with Crippen LogP contribution in [0.3, 0.4) is 0 Å². The molecular weight excluding hydrogens is 477 g/mol. The largest absolute Gasteiger partial charge is 0.481 e. The fourth-order valence-electron chi connectivity index (χ4n) is 4.21. The lowest BCUT2D eigenvalue weighted by Gasteiger charge is -2.09. The molecule has 166 valence electrons. The van der Waals surface area contributed by atoms with Gasteiger partial charge in [0.1, 0.15) is 0 Å². The summed E-state index contributed by atoms with van der Waals surface area (Å²) in [5.74, 6) is -0.871. The van der Waals surface area contributed by atoms with Gasteiger partial charge in [0.2, 0.25) is 0 Å². The van der Waals surface area contributed by atoms with Crippen molar-refractivity contribution in [3.63, 3.8) is 0 Å². The van der Waals surface area contributed by atoms with Crippen molar-refractivity contribution in [3.05, 3.63) is 81.3 Å². The van der Waals surface area contributed by atoms with Gasteiger partial charge in [0.05, 0.1) is 16.5 Å². The van der Waals surface area contributed by atoms with Crippen molar-refractivity contribution in [1.29, 1.82) is 0 Å². The van der Waals surface area contributed by atoms with E-state index in [9.17, 15) is 9.90 Å². The summed E-state index contributed by atoms with van der Waals surface area (Å²) < 4.78 is 3.13. The van der Waals surface area contributed by atoms with Crippen LogP contribution in [0.15, 0.2) is 60.1 Å². The molecule has 5 aromatic rings. The SMILES string of the molecule is Nc1cc(N)cc(-c2ccc3c(CC(=O)O)cn(Cc4csc5cc(Cl)c(Cl)cc45)c3c2)c1. The Balaban J connectivity index is 1.65. The average molecular weight is 496 g/mol. The fraction of sp³-hybridized carbons (Fsp3) is 0.0800. The number of carboxylic acid groups (broad SMARTS) is 1. The minimum absolute atomic E-state index is 0.0557. The molecule has 0 aliphatic carbocycles. The predicted octanol–water partition coefficient (Wildman–Crippen LogP) is 6.67. The number of rotatable bonds is 5. The zero-order chi connectivity index (χ0) is 23.3. The smallest absolute Gasteiger partial charge is 0.307 e.